The molecule has 0 radical (unpaired) electrons. The Morgan fingerprint density at radius 3 is 2.49 bits per heavy atom. The molecule has 0 saturated heterocycles. The Labute approximate surface area is 205 Å². The minimum atomic E-state index is -0.606. The first kappa shape index (κ1) is 23.9. The molecule has 3 N–H and O–H groups in total. The Kier molecular flexibility index (Phi) is 7.71. The van der Waals surface area contributed by atoms with Crippen LogP contribution in [0.4, 0.5) is 15.9 Å². The summed E-state index contributed by atoms with van der Waals surface area (Å²) in [4.78, 5) is 19.6. The molecule has 1 amide bonds. The van der Waals surface area contributed by atoms with Gasteiger partial charge in [0.05, 0.1) is 10.5 Å². The minimum Gasteiger partial charge on any atom is -0.490 e. The molecule has 1 aromatic heterocycles. The molecule has 4 rings (SSSR count). The molecule has 0 spiro atoms. The van der Waals surface area contributed by atoms with Crippen LogP contribution in [0.5, 0.6) is 11.5 Å². The largest absolute Gasteiger partial charge is 0.490 e. The van der Waals surface area contributed by atoms with Crippen molar-refractivity contribution in [1.29, 1.82) is 0 Å². The number of rotatable bonds is 9. The monoisotopic (exact) mass is 494 g/mol. The van der Waals surface area contributed by atoms with Crippen molar-refractivity contribution >= 4 is 46.0 Å². The molecule has 0 aliphatic rings. The van der Waals surface area contributed by atoms with E-state index in [4.69, 9.17) is 26.3 Å². The van der Waals surface area contributed by atoms with E-state index in [0.717, 1.165) is 10.9 Å². The molecule has 0 bridgehead atoms. The zero-order valence-electron chi connectivity index (χ0n) is 18.2. The number of nitrogens with zero attached hydrogens (tertiary/aromatic N) is 2. The second-order valence-electron chi connectivity index (χ2n) is 7.23. The molecule has 0 unspecified atom stereocenters. The van der Waals surface area contributed by atoms with Gasteiger partial charge in [-0.2, -0.15) is 0 Å². The summed E-state index contributed by atoms with van der Waals surface area (Å²) in [7, 11) is 0. The van der Waals surface area contributed by atoms with Gasteiger partial charge in [-0.25, -0.2) is 19.8 Å². The lowest BCUT2D eigenvalue weighted by Crippen LogP contribution is -2.14. The third kappa shape index (κ3) is 6.44. The molecule has 1 heterocycles. The number of fused-ring (bicyclic) bond motifs is 1. The predicted molar refractivity (Wildman–Crippen MR) is 131 cm³/mol. The van der Waals surface area contributed by atoms with E-state index in [2.05, 4.69) is 15.3 Å². The number of anilines is 2. The van der Waals surface area contributed by atoms with Crippen LogP contribution in [0, 0.1) is 5.82 Å². The van der Waals surface area contributed by atoms with Gasteiger partial charge in [0.2, 0.25) is 0 Å². The smallest absolute Gasteiger partial charge is 0.267 e. The van der Waals surface area contributed by atoms with Crippen molar-refractivity contribution in [2.24, 2.45) is 0 Å². The number of hydrogen-bond acceptors (Lipinski definition) is 7. The van der Waals surface area contributed by atoms with Crippen LogP contribution >= 0.6 is 11.6 Å². The van der Waals surface area contributed by atoms with Crippen LogP contribution in [0.25, 0.3) is 17.0 Å². The van der Waals surface area contributed by atoms with Gasteiger partial charge in [0.15, 0.2) is 0 Å². The minimum absolute atomic E-state index is 0.0117. The summed E-state index contributed by atoms with van der Waals surface area (Å²) in [5.41, 5.74) is 3.62. The number of ether oxygens (including phenoxy) is 2. The van der Waals surface area contributed by atoms with Gasteiger partial charge in [0, 0.05) is 17.1 Å². The molecule has 35 heavy (non-hydrogen) atoms. The quantitative estimate of drug-likeness (QED) is 0.128. The lowest BCUT2D eigenvalue weighted by molar-refractivity contribution is -0.124. The molecule has 0 aliphatic carbocycles. The highest BCUT2D eigenvalue weighted by atomic mass is 35.5. The zero-order valence-corrected chi connectivity index (χ0v) is 19.0. The molecule has 10 heteroatoms. The number of nitrogens with one attached hydrogen (secondary N) is 2. The lowest BCUT2D eigenvalue weighted by atomic mass is 10.2. The third-order valence-electron chi connectivity index (χ3n) is 4.83. The average Bonchev–Trinajstić information content (AvgIpc) is 2.88. The summed E-state index contributed by atoms with van der Waals surface area (Å²) in [6.07, 6.45) is 4.22. The van der Waals surface area contributed by atoms with Gasteiger partial charge in [0.25, 0.3) is 5.91 Å². The summed E-state index contributed by atoms with van der Waals surface area (Å²) in [6, 6.07) is 16.9. The number of aromatic nitrogens is 2. The highest BCUT2D eigenvalue weighted by Crippen LogP contribution is 2.28. The number of carbonyl (C=O) groups excluding carboxylic acids is 1. The van der Waals surface area contributed by atoms with Crippen molar-refractivity contribution in [3.05, 3.63) is 89.5 Å². The fraction of sp³-hybridized carbons (Fsp3) is 0.0800. The van der Waals surface area contributed by atoms with Crippen molar-refractivity contribution in [3.8, 4) is 11.5 Å². The van der Waals surface area contributed by atoms with E-state index in [1.165, 1.54) is 30.0 Å². The Morgan fingerprint density at radius 2 is 1.74 bits per heavy atom. The van der Waals surface area contributed by atoms with Crippen LogP contribution in [0.15, 0.2) is 73.1 Å². The first-order valence-electron chi connectivity index (χ1n) is 10.5. The molecule has 0 saturated carbocycles. The maximum atomic E-state index is 13.5. The van der Waals surface area contributed by atoms with Crippen molar-refractivity contribution in [1.82, 2.24) is 15.4 Å². The lowest BCUT2D eigenvalue weighted by Gasteiger charge is -2.11. The molecular formula is C25H20ClFN4O4. The Balaban J connectivity index is 1.35. The van der Waals surface area contributed by atoms with E-state index in [0.29, 0.717) is 41.7 Å². The highest BCUT2D eigenvalue weighted by molar-refractivity contribution is 6.31. The summed E-state index contributed by atoms with van der Waals surface area (Å²) in [5.74, 6) is 0.686. The van der Waals surface area contributed by atoms with Crippen LogP contribution in [-0.4, -0.2) is 34.3 Å². The van der Waals surface area contributed by atoms with Gasteiger partial charge in [-0.3, -0.25) is 10.0 Å². The number of amides is 1. The van der Waals surface area contributed by atoms with E-state index in [1.807, 2.05) is 12.1 Å². The van der Waals surface area contributed by atoms with E-state index in [9.17, 15) is 9.18 Å². The molecule has 178 valence electrons. The molecule has 4 aromatic rings. The standard InChI is InChI=1S/C25H20ClFN4O4/c26-21-13-17(4-8-22(21)27)30-25-20-14-19(7-9-23(20)28-15-29-25)35-12-11-34-18-5-1-16(2-6-18)3-10-24(32)31-33/h1-10,13-15,33H,11-12H2,(H,31,32)(H,28,29,30). The first-order valence-corrected chi connectivity index (χ1v) is 10.8. The van der Waals surface area contributed by atoms with Crippen LogP contribution in [0.2, 0.25) is 5.02 Å². The molecule has 3 aromatic carbocycles. The fourth-order valence-corrected chi connectivity index (χ4v) is 3.32. The highest BCUT2D eigenvalue weighted by Gasteiger charge is 2.08. The van der Waals surface area contributed by atoms with Crippen LogP contribution in [0.3, 0.4) is 0 Å². The maximum absolute atomic E-state index is 13.5. The fourth-order valence-electron chi connectivity index (χ4n) is 3.14. The van der Waals surface area contributed by atoms with Gasteiger partial charge in [-0.15, -0.1) is 0 Å². The van der Waals surface area contributed by atoms with Gasteiger partial charge in [-0.1, -0.05) is 23.7 Å². The van der Waals surface area contributed by atoms with E-state index < -0.39 is 11.7 Å². The number of hydrogen-bond donors (Lipinski definition) is 3. The van der Waals surface area contributed by atoms with Gasteiger partial charge >= 0.3 is 0 Å². The molecule has 0 fully saturated rings. The van der Waals surface area contributed by atoms with Gasteiger partial charge in [-0.05, 0) is 60.2 Å². The third-order valence-corrected chi connectivity index (χ3v) is 5.12. The number of carbonyl (C=O) groups is 1. The van der Waals surface area contributed by atoms with E-state index in [1.54, 1.807) is 42.5 Å². The van der Waals surface area contributed by atoms with Gasteiger partial charge in [0.1, 0.15) is 42.7 Å². The molecular weight excluding hydrogens is 475 g/mol. The van der Waals surface area contributed by atoms with Crippen LogP contribution in [-0.2, 0) is 4.79 Å². The van der Waals surface area contributed by atoms with E-state index >= 15 is 0 Å². The molecule has 8 nitrogen and oxygen atoms in total. The maximum Gasteiger partial charge on any atom is 0.267 e. The number of benzene rings is 3. The zero-order chi connectivity index (χ0) is 24.6. The van der Waals surface area contributed by atoms with Crippen molar-refractivity contribution < 1.29 is 23.9 Å². The SMILES string of the molecule is O=C(C=Cc1ccc(OCCOc2ccc3ncnc(Nc4ccc(F)c(Cl)c4)c3c2)cc1)NO. The van der Waals surface area contributed by atoms with Crippen LogP contribution in [0.1, 0.15) is 5.56 Å². The second kappa shape index (κ2) is 11.3. The predicted octanol–water partition coefficient (Wildman–Crippen LogP) is 5.14. The Hall–Kier alpha value is -4.21. The molecule has 0 atom stereocenters. The first-order chi connectivity index (χ1) is 17.0. The van der Waals surface area contributed by atoms with Crippen molar-refractivity contribution in [2.75, 3.05) is 18.5 Å². The van der Waals surface area contributed by atoms with Crippen molar-refractivity contribution in [2.45, 2.75) is 0 Å². The molecule has 0 aliphatic heterocycles. The normalized spacial score (nSPS) is 10.9. The summed E-state index contributed by atoms with van der Waals surface area (Å²) in [6.45, 7) is 0.610. The van der Waals surface area contributed by atoms with Crippen molar-refractivity contribution in [3.63, 3.8) is 0 Å². The summed E-state index contributed by atoms with van der Waals surface area (Å²) < 4.78 is 25.0. The second-order valence-corrected chi connectivity index (χ2v) is 7.64. The summed E-state index contributed by atoms with van der Waals surface area (Å²) >= 11 is 5.87. The number of halogens is 2. The van der Waals surface area contributed by atoms with E-state index in [-0.39, 0.29) is 5.02 Å². The van der Waals surface area contributed by atoms with Crippen LogP contribution < -0.4 is 20.3 Å². The summed E-state index contributed by atoms with van der Waals surface area (Å²) in [5, 5.41) is 12.4. The topological polar surface area (TPSA) is 106 Å². The Morgan fingerprint density at radius 1 is 1.00 bits per heavy atom. The Bertz CT molecular complexity index is 1370. The van der Waals surface area contributed by atoms with Gasteiger partial charge < -0.3 is 14.8 Å². The average molecular weight is 495 g/mol. The number of hydroxylamine groups is 1.